The first-order chi connectivity index (χ1) is 9.69. The van der Waals surface area contributed by atoms with E-state index in [1.807, 2.05) is 5.32 Å². The van der Waals surface area contributed by atoms with Gasteiger partial charge in [0.1, 0.15) is 4.45 Å². The van der Waals surface area contributed by atoms with Gasteiger partial charge in [0.05, 0.1) is 5.70 Å². The van der Waals surface area contributed by atoms with Crippen molar-refractivity contribution in [2.24, 2.45) is 0 Å². The summed E-state index contributed by atoms with van der Waals surface area (Å²) >= 11 is 4.27. The van der Waals surface area contributed by atoms with Crippen LogP contribution in [0, 0.1) is 0 Å². The molecule has 1 heterocycles. The first kappa shape index (κ1) is 19.7. The Morgan fingerprint density at radius 3 is 1.95 bits per heavy atom. The monoisotopic (exact) mass is 415 g/mol. The van der Waals surface area contributed by atoms with Crippen molar-refractivity contribution in [1.29, 1.82) is 0 Å². The number of allylic oxidation sites excluding steroid dienone is 3. The van der Waals surface area contributed by atoms with Crippen LogP contribution in [0.4, 0.5) is 30.7 Å². The van der Waals surface area contributed by atoms with Crippen LogP contribution in [0.3, 0.4) is 0 Å². The highest BCUT2D eigenvalue weighted by molar-refractivity contribution is 9.10. The van der Waals surface area contributed by atoms with Crippen molar-refractivity contribution in [3.8, 4) is 0 Å². The lowest BCUT2D eigenvalue weighted by molar-refractivity contribution is -0.328. The molecule has 0 saturated carbocycles. The van der Waals surface area contributed by atoms with Crippen molar-refractivity contribution < 1.29 is 30.7 Å². The molecular weight excluding hydrogens is 403 g/mol. The van der Waals surface area contributed by atoms with Crippen LogP contribution < -0.4 is 5.32 Å². The topological polar surface area (TPSA) is 12.0 Å². The Balaban J connectivity index is 3.44. The maximum Gasteiger partial charge on any atom is 0.437 e. The molecule has 0 aromatic rings. The fourth-order valence-electron chi connectivity index (χ4n) is 1.92. The lowest BCUT2D eigenvalue weighted by atomic mass is 9.93. The van der Waals surface area contributed by atoms with Crippen LogP contribution in [0.2, 0.25) is 0 Å². The highest BCUT2D eigenvalue weighted by Crippen LogP contribution is 2.52. The molecule has 0 amide bonds. The van der Waals surface area contributed by atoms with E-state index in [0.29, 0.717) is 6.08 Å². The van der Waals surface area contributed by atoms with Gasteiger partial charge in [-0.1, -0.05) is 21.5 Å². The molecular formula is C12H13BrF7NS. The number of alkyl halides is 8. The summed E-state index contributed by atoms with van der Waals surface area (Å²) in [7, 11) is 0. The summed E-state index contributed by atoms with van der Waals surface area (Å²) < 4.78 is 89.7. The molecule has 1 N–H and O–H groups in total. The van der Waals surface area contributed by atoms with Gasteiger partial charge in [-0.25, -0.2) is 4.39 Å². The van der Waals surface area contributed by atoms with Gasteiger partial charge in [-0.15, -0.1) is 0 Å². The van der Waals surface area contributed by atoms with E-state index in [0.717, 1.165) is 0 Å². The molecule has 2 atom stereocenters. The number of nitrogens with one attached hydrogen (secondary N) is 1. The largest absolute Gasteiger partial charge is 0.437 e. The van der Waals surface area contributed by atoms with E-state index in [-0.39, 0.29) is 5.57 Å². The first-order valence-corrected chi connectivity index (χ1v) is 8.01. The molecule has 0 bridgehead atoms. The smallest absolute Gasteiger partial charge is 0.366 e. The van der Waals surface area contributed by atoms with Gasteiger partial charge in [0, 0.05) is 5.25 Å². The minimum absolute atomic E-state index is 0.0852. The van der Waals surface area contributed by atoms with E-state index in [1.165, 1.54) is 24.8 Å². The van der Waals surface area contributed by atoms with Crippen molar-refractivity contribution in [2.75, 3.05) is 6.26 Å². The van der Waals surface area contributed by atoms with Crippen molar-refractivity contribution in [3.63, 3.8) is 0 Å². The fourth-order valence-corrected chi connectivity index (χ4v) is 3.53. The minimum atomic E-state index is -6.14. The Morgan fingerprint density at radius 2 is 1.59 bits per heavy atom. The Kier molecular flexibility index (Phi) is 5.29. The molecule has 0 saturated heterocycles. The third-order valence-electron chi connectivity index (χ3n) is 3.23. The fraction of sp³-hybridized carbons (Fsp3) is 0.667. The molecule has 0 aromatic heterocycles. The third-order valence-corrected chi connectivity index (χ3v) is 5.73. The van der Waals surface area contributed by atoms with E-state index in [1.54, 1.807) is 13.2 Å². The molecule has 0 aliphatic carbocycles. The van der Waals surface area contributed by atoms with Gasteiger partial charge in [0.25, 0.3) is 0 Å². The molecule has 0 fully saturated rings. The predicted octanol–water partition coefficient (Wildman–Crippen LogP) is 5.10. The van der Waals surface area contributed by atoms with Gasteiger partial charge in [-0.3, -0.25) is 0 Å². The Labute approximate surface area is 135 Å². The molecule has 1 aliphatic rings. The Bertz CT molecular complexity index is 483. The standard InChI is InChI=1S/C12H13BrF7NS/c1-6-4-8(21-9(13,5-6)7(2)22-3)10(14,11(15,16)17)12(18,19)20/h4-5,7,21H,1-3H3. The molecule has 0 spiro atoms. The van der Waals surface area contributed by atoms with Crippen LogP contribution in [-0.2, 0) is 0 Å². The van der Waals surface area contributed by atoms with E-state index in [4.69, 9.17) is 0 Å². The van der Waals surface area contributed by atoms with Crippen LogP contribution in [0.5, 0.6) is 0 Å². The average Bonchev–Trinajstić information content (AvgIpc) is 2.32. The van der Waals surface area contributed by atoms with Gasteiger partial charge in [0.2, 0.25) is 0 Å². The zero-order valence-corrected chi connectivity index (χ0v) is 14.1. The number of rotatable bonds is 3. The number of hydrogen-bond acceptors (Lipinski definition) is 2. The van der Waals surface area contributed by atoms with Gasteiger partial charge >= 0.3 is 18.0 Å². The van der Waals surface area contributed by atoms with Crippen LogP contribution in [0.25, 0.3) is 0 Å². The average molecular weight is 416 g/mol. The summed E-state index contributed by atoms with van der Waals surface area (Å²) in [5.41, 5.74) is -6.96. The molecule has 22 heavy (non-hydrogen) atoms. The molecule has 128 valence electrons. The third kappa shape index (κ3) is 3.27. The summed E-state index contributed by atoms with van der Waals surface area (Å²) in [6.45, 7) is 2.89. The predicted molar refractivity (Wildman–Crippen MR) is 75.6 cm³/mol. The van der Waals surface area contributed by atoms with E-state index >= 15 is 0 Å². The maximum absolute atomic E-state index is 14.1. The minimum Gasteiger partial charge on any atom is -0.366 e. The molecule has 10 heteroatoms. The second-order valence-corrected chi connectivity index (χ2v) is 7.36. The van der Waals surface area contributed by atoms with Crippen LogP contribution in [0.1, 0.15) is 13.8 Å². The highest BCUT2D eigenvalue weighted by atomic mass is 79.9. The van der Waals surface area contributed by atoms with E-state index in [9.17, 15) is 30.7 Å². The summed E-state index contributed by atoms with van der Waals surface area (Å²) in [4.78, 5) is 0. The number of thioether (sulfide) groups is 1. The molecule has 0 radical (unpaired) electrons. The first-order valence-electron chi connectivity index (χ1n) is 5.93. The van der Waals surface area contributed by atoms with Gasteiger partial charge in [0.15, 0.2) is 0 Å². The van der Waals surface area contributed by atoms with E-state index in [2.05, 4.69) is 15.9 Å². The zero-order valence-electron chi connectivity index (χ0n) is 11.7. The number of halogens is 8. The lowest BCUT2D eigenvalue weighted by Crippen LogP contribution is -2.61. The molecule has 0 aromatic carbocycles. The molecule has 1 aliphatic heterocycles. The van der Waals surface area contributed by atoms with Crippen molar-refractivity contribution >= 4 is 27.7 Å². The van der Waals surface area contributed by atoms with Gasteiger partial charge in [-0.2, -0.15) is 38.1 Å². The quantitative estimate of drug-likeness (QED) is 0.391. The molecule has 2 unspecified atom stereocenters. The number of dihydropyridines is 1. The Hall–Kier alpha value is -0.380. The maximum atomic E-state index is 14.1. The van der Waals surface area contributed by atoms with Crippen LogP contribution in [0.15, 0.2) is 23.4 Å². The van der Waals surface area contributed by atoms with Crippen molar-refractivity contribution in [3.05, 3.63) is 23.4 Å². The van der Waals surface area contributed by atoms with Gasteiger partial charge in [-0.05, 0) is 32.3 Å². The van der Waals surface area contributed by atoms with Crippen LogP contribution >= 0.6 is 27.7 Å². The summed E-state index contributed by atoms with van der Waals surface area (Å²) in [6, 6.07) is 0. The molecule has 1 nitrogen and oxygen atoms in total. The molecule has 1 rings (SSSR count). The summed E-state index contributed by atoms with van der Waals surface area (Å²) in [6.07, 6.45) is -8.72. The second kappa shape index (κ2) is 5.92. The summed E-state index contributed by atoms with van der Waals surface area (Å²) in [5.74, 6) is 0. The Morgan fingerprint density at radius 1 is 1.14 bits per heavy atom. The van der Waals surface area contributed by atoms with Gasteiger partial charge < -0.3 is 5.32 Å². The van der Waals surface area contributed by atoms with Crippen molar-refractivity contribution in [1.82, 2.24) is 5.32 Å². The normalized spacial score (nSPS) is 25.2. The summed E-state index contributed by atoms with van der Waals surface area (Å²) in [5, 5.41) is 1.57. The SMILES string of the molecule is CSC(C)C1(Br)C=C(C)C=C(C(F)(C(F)(F)F)C(F)(F)F)N1. The zero-order chi connectivity index (χ0) is 17.6. The number of hydrogen-bond donors (Lipinski definition) is 1. The van der Waals surface area contributed by atoms with E-state index < -0.39 is 33.4 Å². The second-order valence-electron chi connectivity index (χ2n) is 4.87. The van der Waals surface area contributed by atoms with Crippen molar-refractivity contribution in [2.45, 2.75) is 41.6 Å². The lowest BCUT2D eigenvalue weighted by Gasteiger charge is -2.41. The highest BCUT2D eigenvalue weighted by Gasteiger charge is 2.75. The van der Waals surface area contributed by atoms with Crippen LogP contribution in [-0.4, -0.2) is 34.0 Å².